The zero-order valence-electron chi connectivity index (χ0n) is 20.1. The number of anilines is 1. The Balaban J connectivity index is 1.74. The number of rotatable bonds is 5. The summed E-state index contributed by atoms with van der Waals surface area (Å²) in [6, 6.07) is 9.41. The molecule has 0 bridgehead atoms. The standard InChI is InChI=1S/C26H21FN4O5S/c1-4-36-25(35)23-14(3)29-26(37-23)31-20(15-8-10-16(27)11-9-15)18(22(33)24(31)34)21(32)19-13(2)28-17-7-5-6-12-30(17)19/h5-12,20,32H,4H2,1-3H3/b21-18+. The summed E-state index contributed by atoms with van der Waals surface area (Å²) in [6.07, 6.45) is 1.68. The third-order valence-electron chi connectivity index (χ3n) is 6.01. The number of hydrogen-bond acceptors (Lipinski definition) is 8. The molecule has 1 aromatic carbocycles. The van der Waals surface area contributed by atoms with Gasteiger partial charge in [0.1, 0.15) is 22.0 Å². The van der Waals surface area contributed by atoms with Gasteiger partial charge in [0.05, 0.1) is 29.6 Å². The number of esters is 1. The summed E-state index contributed by atoms with van der Waals surface area (Å²) in [5.41, 5.74) is 1.75. The Kier molecular flexibility index (Phi) is 6.08. The van der Waals surface area contributed by atoms with E-state index in [1.807, 2.05) is 0 Å². The summed E-state index contributed by atoms with van der Waals surface area (Å²) in [4.78, 5) is 49.3. The molecule has 1 fully saturated rings. The SMILES string of the molecule is CCOC(=O)c1sc(N2C(=O)C(=O)/C(=C(/O)c3c(C)nc4ccccn34)C2c2ccc(F)cc2)nc1C. The van der Waals surface area contributed by atoms with Crippen LogP contribution in [-0.4, -0.2) is 43.7 Å². The lowest BCUT2D eigenvalue weighted by Gasteiger charge is -2.23. The minimum atomic E-state index is -1.13. The molecule has 5 rings (SSSR count). The van der Waals surface area contributed by atoms with E-state index in [0.29, 0.717) is 22.6 Å². The van der Waals surface area contributed by atoms with Gasteiger partial charge in [-0.05, 0) is 50.6 Å². The number of ether oxygens (including phenoxy) is 1. The van der Waals surface area contributed by atoms with Crippen LogP contribution in [0.5, 0.6) is 0 Å². The predicted octanol–water partition coefficient (Wildman–Crippen LogP) is 4.35. The van der Waals surface area contributed by atoms with Crippen molar-refractivity contribution in [2.75, 3.05) is 11.5 Å². The van der Waals surface area contributed by atoms with E-state index < -0.39 is 35.3 Å². The van der Waals surface area contributed by atoms with E-state index in [4.69, 9.17) is 4.74 Å². The number of aryl methyl sites for hydroxylation is 2. The first-order valence-corrected chi connectivity index (χ1v) is 12.2. The van der Waals surface area contributed by atoms with Crippen molar-refractivity contribution in [3.8, 4) is 0 Å². The molecule has 1 amide bonds. The highest BCUT2D eigenvalue weighted by atomic mass is 32.1. The molecule has 11 heteroatoms. The van der Waals surface area contributed by atoms with Gasteiger partial charge in [-0.2, -0.15) is 0 Å². The number of benzene rings is 1. The summed E-state index contributed by atoms with van der Waals surface area (Å²) < 4.78 is 20.5. The minimum Gasteiger partial charge on any atom is -0.505 e. The van der Waals surface area contributed by atoms with Gasteiger partial charge in [0.15, 0.2) is 10.9 Å². The van der Waals surface area contributed by atoms with E-state index in [1.165, 1.54) is 24.3 Å². The molecular formula is C26H21FN4O5S. The molecule has 37 heavy (non-hydrogen) atoms. The van der Waals surface area contributed by atoms with Gasteiger partial charge >= 0.3 is 11.9 Å². The maximum atomic E-state index is 13.8. The van der Waals surface area contributed by atoms with Crippen molar-refractivity contribution in [1.29, 1.82) is 0 Å². The highest BCUT2D eigenvalue weighted by Crippen LogP contribution is 2.44. The number of carbonyl (C=O) groups excluding carboxylic acids is 3. The number of fused-ring (bicyclic) bond motifs is 1. The van der Waals surface area contributed by atoms with E-state index >= 15 is 0 Å². The maximum Gasteiger partial charge on any atom is 0.350 e. The number of thiazole rings is 1. The Morgan fingerprint density at radius 2 is 1.84 bits per heavy atom. The van der Waals surface area contributed by atoms with Crippen LogP contribution < -0.4 is 4.90 Å². The molecule has 4 aromatic rings. The van der Waals surface area contributed by atoms with Crippen molar-refractivity contribution in [1.82, 2.24) is 14.4 Å². The van der Waals surface area contributed by atoms with Gasteiger partial charge in [-0.25, -0.2) is 19.2 Å². The summed E-state index contributed by atoms with van der Waals surface area (Å²) in [5.74, 6) is -3.41. The van der Waals surface area contributed by atoms with E-state index in [1.54, 1.807) is 49.6 Å². The molecule has 1 N–H and O–H groups in total. The van der Waals surface area contributed by atoms with Gasteiger partial charge in [0, 0.05) is 6.20 Å². The summed E-state index contributed by atoms with van der Waals surface area (Å²) >= 11 is 0.900. The molecule has 1 saturated heterocycles. The Bertz CT molecular complexity index is 1600. The number of nitrogens with zero attached hydrogens (tertiary/aromatic N) is 4. The number of halogens is 1. The molecule has 0 radical (unpaired) electrons. The number of aliphatic hydroxyl groups excluding tert-OH is 1. The average molecular weight is 521 g/mol. The number of carbonyl (C=O) groups is 3. The van der Waals surface area contributed by atoms with Crippen LogP contribution in [0.25, 0.3) is 11.4 Å². The van der Waals surface area contributed by atoms with Crippen LogP contribution in [-0.2, 0) is 14.3 Å². The van der Waals surface area contributed by atoms with Crippen LogP contribution in [0.4, 0.5) is 9.52 Å². The molecule has 1 unspecified atom stereocenters. The molecular weight excluding hydrogens is 499 g/mol. The lowest BCUT2D eigenvalue weighted by Crippen LogP contribution is -2.29. The van der Waals surface area contributed by atoms with Crippen LogP contribution in [0.1, 0.15) is 45.3 Å². The molecule has 188 valence electrons. The zero-order chi connectivity index (χ0) is 26.4. The van der Waals surface area contributed by atoms with E-state index in [2.05, 4.69) is 9.97 Å². The second-order valence-corrected chi connectivity index (χ2v) is 9.30. The Hall–Kier alpha value is -4.38. The number of ketones is 1. The Labute approximate surface area is 214 Å². The van der Waals surface area contributed by atoms with Crippen LogP contribution in [0.15, 0.2) is 54.2 Å². The van der Waals surface area contributed by atoms with Crippen LogP contribution in [0.2, 0.25) is 0 Å². The van der Waals surface area contributed by atoms with Crippen molar-refractivity contribution in [2.24, 2.45) is 0 Å². The van der Waals surface area contributed by atoms with Gasteiger partial charge in [-0.3, -0.25) is 18.9 Å². The van der Waals surface area contributed by atoms with E-state index in [0.717, 1.165) is 16.2 Å². The van der Waals surface area contributed by atoms with Crippen LogP contribution in [0.3, 0.4) is 0 Å². The molecule has 0 spiro atoms. The van der Waals surface area contributed by atoms with Crippen molar-refractivity contribution >= 4 is 45.5 Å². The normalized spacial score (nSPS) is 17.1. The molecule has 0 saturated carbocycles. The monoisotopic (exact) mass is 520 g/mol. The number of imidazole rings is 1. The third-order valence-corrected chi connectivity index (χ3v) is 7.15. The Morgan fingerprint density at radius 3 is 2.54 bits per heavy atom. The van der Waals surface area contributed by atoms with Crippen molar-refractivity contribution in [3.63, 3.8) is 0 Å². The highest BCUT2D eigenvalue weighted by molar-refractivity contribution is 7.17. The number of aromatic nitrogens is 3. The van der Waals surface area contributed by atoms with Crippen LogP contribution in [0, 0.1) is 19.7 Å². The van der Waals surface area contributed by atoms with Crippen molar-refractivity contribution in [2.45, 2.75) is 26.8 Å². The van der Waals surface area contributed by atoms with Crippen molar-refractivity contribution < 1.29 is 28.6 Å². The summed E-state index contributed by atoms with van der Waals surface area (Å²) in [7, 11) is 0. The summed E-state index contributed by atoms with van der Waals surface area (Å²) in [5, 5.41) is 11.6. The Morgan fingerprint density at radius 1 is 1.11 bits per heavy atom. The molecule has 1 aliphatic rings. The maximum absolute atomic E-state index is 13.8. The van der Waals surface area contributed by atoms with E-state index in [-0.39, 0.29) is 27.9 Å². The first-order chi connectivity index (χ1) is 17.7. The molecule has 0 aliphatic carbocycles. The fourth-order valence-corrected chi connectivity index (χ4v) is 5.38. The fourth-order valence-electron chi connectivity index (χ4n) is 4.39. The smallest absolute Gasteiger partial charge is 0.350 e. The first kappa shape index (κ1) is 24.3. The van der Waals surface area contributed by atoms with Gasteiger partial charge < -0.3 is 9.84 Å². The average Bonchev–Trinajstić information content (AvgIpc) is 3.50. The lowest BCUT2D eigenvalue weighted by molar-refractivity contribution is -0.132. The largest absolute Gasteiger partial charge is 0.505 e. The number of aliphatic hydroxyl groups is 1. The fraction of sp³-hybridized carbons (Fsp3) is 0.192. The number of amides is 1. The zero-order valence-corrected chi connectivity index (χ0v) is 20.9. The second-order valence-electron chi connectivity index (χ2n) is 8.33. The van der Waals surface area contributed by atoms with Crippen molar-refractivity contribution in [3.05, 3.63) is 87.6 Å². The van der Waals surface area contributed by atoms with E-state index in [9.17, 15) is 23.9 Å². The number of pyridine rings is 1. The molecule has 3 aromatic heterocycles. The molecule has 1 aliphatic heterocycles. The van der Waals surface area contributed by atoms with Gasteiger partial charge in [-0.15, -0.1) is 0 Å². The number of hydrogen-bond donors (Lipinski definition) is 1. The third kappa shape index (κ3) is 3.97. The lowest BCUT2D eigenvalue weighted by atomic mass is 9.96. The van der Waals surface area contributed by atoms with Gasteiger partial charge in [-0.1, -0.05) is 29.5 Å². The van der Waals surface area contributed by atoms with Gasteiger partial charge in [0.2, 0.25) is 0 Å². The molecule has 4 heterocycles. The topological polar surface area (TPSA) is 114 Å². The van der Waals surface area contributed by atoms with Crippen LogP contribution >= 0.6 is 11.3 Å². The molecule has 1 atom stereocenters. The quantitative estimate of drug-likeness (QED) is 0.180. The number of Topliss-reactive ketones (excluding diaryl/α,β-unsaturated/α-hetero) is 1. The van der Waals surface area contributed by atoms with Gasteiger partial charge in [0.25, 0.3) is 5.78 Å². The second kappa shape index (κ2) is 9.25. The first-order valence-electron chi connectivity index (χ1n) is 11.4. The minimum absolute atomic E-state index is 0.0749. The predicted molar refractivity (Wildman–Crippen MR) is 134 cm³/mol. The highest BCUT2D eigenvalue weighted by Gasteiger charge is 2.49. The molecule has 9 nitrogen and oxygen atoms in total. The summed E-state index contributed by atoms with van der Waals surface area (Å²) in [6.45, 7) is 5.10.